The number of para-hydroxylation sites is 2. The molecule has 0 aromatic heterocycles. The number of nitrogens with one attached hydrogen (secondary N) is 2. The lowest BCUT2D eigenvalue weighted by Crippen LogP contribution is -2.21. The molecule has 23 heavy (non-hydrogen) atoms. The van der Waals surface area contributed by atoms with Gasteiger partial charge in [0, 0.05) is 15.7 Å². The first-order chi connectivity index (χ1) is 11.0. The van der Waals surface area contributed by atoms with Crippen LogP contribution in [0.1, 0.15) is 6.42 Å². The van der Waals surface area contributed by atoms with Crippen LogP contribution >= 0.6 is 23.2 Å². The molecular weight excluding hydrogens is 339 g/mol. The van der Waals surface area contributed by atoms with Crippen molar-refractivity contribution in [3.8, 4) is 5.75 Å². The summed E-state index contributed by atoms with van der Waals surface area (Å²) < 4.78 is 5.13. The lowest BCUT2D eigenvalue weighted by molar-refractivity contribution is -0.123. The van der Waals surface area contributed by atoms with Gasteiger partial charge in [-0.1, -0.05) is 35.3 Å². The Hall–Kier alpha value is -2.24. The van der Waals surface area contributed by atoms with E-state index in [0.717, 1.165) is 0 Å². The molecule has 5 nitrogen and oxygen atoms in total. The topological polar surface area (TPSA) is 67.4 Å². The molecule has 2 rings (SSSR count). The Labute approximate surface area is 143 Å². The Kier molecular flexibility index (Phi) is 5.84. The maximum Gasteiger partial charge on any atom is 0.233 e. The summed E-state index contributed by atoms with van der Waals surface area (Å²) >= 11 is 11.7. The Morgan fingerprint density at radius 3 is 2.26 bits per heavy atom. The molecule has 2 aromatic rings. The molecule has 0 bridgehead atoms. The molecule has 0 aliphatic rings. The smallest absolute Gasteiger partial charge is 0.233 e. The molecular formula is C16H14Cl2N2O3. The van der Waals surface area contributed by atoms with Crippen molar-refractivity contribution in [1.82, 2.24) is 0 Å². The van der Waals surface area contributed by atoms with Gasteiger partial charge in [-0.25, -0.2) is 0 Å². The third-order valence-electron chi connectivity index (χ3n) is 2.85. The number of anilines is 2. The quantitative estimate of drug-likeness (QED) is 0.800. The van der Waals surface area contributed by atoms with Gasteiger partial charge in [-0.3, -0.25) is 9.59 Å². The molecule has 0 saturated heterocycles. The highest BCUT2D eigenvalue weighted by molar-refractivity contribution is 6.35. The zero-order chi connectivity index (χ0) is 16.8. The summed E-state index contributed by atoms with van der Waals surface area (Å²) in [7, 11) is 1.50. The summed E-state index contributed by atoms with van der Waals surface area (Å²) in [6.45, 7) is 0. The molecule has 0 spiro atoms. The standard InChI is InChI=1S/C16H14Cl2N2O3/c1-23-14-5-3-2-4-13(14)20-16(22)9-15(21)19-12-7-10(17)6-11(18)8-12/h2-8H,9H2,1H3,(H,19,21)(H,20,22). The number of carbonyl (C=O) groups excluding carboxylic acids is 2. The number of amides is 2. The highest BCUT2D eigenvalue weighted by Crippen LogP contribution is 2.24. The molecule has 0 aliphatic heterocycles. The SMILES string of the molecule is COc1ccccc1NC(=O)CC(=O)Nc1cc(Cl)cc(Cl)c1. The molecule has 0 radical (unpaired) electrons. The van der Waals surface area contributed by atoms with Crippen molar-refractivity contribution in [3.05, 3.63) is 52.5 Å². The fraction of sp³-hybridized carbons (Fsp3) is 0.125. The van der Waals surface area contributed by atoms with Gasteiger partial charge >= 0.3 is 0 Å². The largest absolute Gasteiger partial charge is 0.495 e. The monoisotopic (exact) mass is 352 g/mol. The van der Waals surface area contributed by atoms with Crippen LogP contribution in [0.4, 0.5) is 11.4 Å². The number of carbonyl (C=O) groups is 2. The van der Waals surface area contributed by atoms with Crippen LogP contribution in [-0.2, 0) is 9.59 Å². The van der Waals surface area contributed by atoms with Crippen LogP contribution in [0, 0.1) is 0 Å². The first kappa shape index (κ1) is 17.1. The van der Waals surface area contributed by atoms with Gasteiger partial charge in [-0.05, 0) is 30.3 Å². The van der Waals surface area contributed by atoms with E-state index in [4.69, 9.17) is 27.9 Å². The molecule has 0 fully saturated rings. The van der Waals surface area contributed by atoms with Crippen LogP contribution in [0.3, 0.4) is 0 Å². The summed E-state index contributed by atoms with van der Waals surface area (Å²) in [6, 6.07) is 11.6. The molecule has 7 heteroatoms. The van der Waals surface area contributed by atoms with Crippen LogP contribution in [-0.4, -0.2) is 18.9 Å². The second-order valence-electron chi connectivity index (χ2n) is 4.63. The fourth-order valence-electron chi connectivity index (χ4n) is 1.92. The van der Waals surface area contributed by atoms with Crippen LogP contribution in [0.15, 0.2) is 42.5 Å². The third kappa shape index (κ3) is 5.16. The molecule has 0 aliphatic carbocycles. The van der Waals surface area contributed by atoms with Crippen molar-refractivity contribution >= 4 is 46.4 Å². The maximum absolute atomic E-state index is 11.9. The zero-order valence-electron chi connectivity index (χ0n) is 12.2. The van der Waals surface area contributed by atoms with E-state index in [9.17, 15) is 9.59 Å². The minimum Gasteiger partial charge on any atom is -0.495 e. The lowest BCUT2D eigenvalue weighted by Gasteiger charge is -2.10. The van der Waals surface area contributed by atoms with Crippen molar-refractivity contribution < 1.29 is 14.3 Å². The van der Waals surface area contributed by atoms with Gasteiger partial charge < -0.3 is 15.4 Å². The first-order valence-electron chi connectivity index (χ1n) is 6.67. The van der Waals surface area contributed by atoms with E-state index in [1.165, 1.54) is 7.11 Å². The number of rotatable bonds is 5. The highest BCUT2D eigenvalue weighted by atomic mass is 35.5. The van der Waals surface area contributed by atoms with E-state index < -0.39 is 11.8 Å². The Morgan fingerprint density at radius 2 is 1.61 bits per heavy atom. The van der Waals surface area contributed by atoms with Crippen molar-refractivity contribution in [1.29, 1.82) is 0 Å². The van der Waals surface area contributed by atoms with Crippen LogP contribution in [0.2, 0.25) is 10.0 Å². The number of ether oxygens (including phenoxy) is 1. The summed E-state index contributed by atoms with van der Waals surface area (Å²) in [4.78, 5) is 23.8. The molecule has 0 heterocycles. The van der Waals surface area contributed by atoms with Crippen molar-refractivity contribution in [2.75, 3.05) is 17.7 Å². The van der Waals surface area contributed by atoms with Gasteiger partial charge in [0.15, 0.2) is 0 Å². The average molecular weight is 353 g/mol. The second-order valence-corrected chi connectivity index (χ2v) is 5.50. The predicted molar refractivity (Wildman–Crippen MR) is 91.3 cm³/mol. The second kappa shape index (κ2) is 7.85. The average Bonchev–Trinajstić information content (AvgIpc) is 2.46. The van der Waals surface area contributed by atoms with Crippen molar-refractivity contribution in [3.63, 3.8) is 0 Å². The predicted octanol–water partition coefficient (Wildman–Crippen LogP) is 3.97. The number of hydrogen-bond acceptors (Lipinski definition) is 3. The fourth-order valence-corrected chi connectivity index (χ4v) is 2.45. The van der Waals surface area contributed by atoms with Gasteiger partial charge in [-0.15, -0.1) is 0 Å². The minimum absolute atomic E-state index is 0.345. The third-order valence-corrected chi connectivity index (χ3v) is 3.28. The van der Waals surface area contributed by atoms with Crippen LogP contribution in [0.25, 0.3) is 0 Å². The van der Waals surface area contributed by atoms with E-state index in [1.807, 2.05) is 0 Å². The summed E-state index contributed by atoms with van der Waals surface area (Å²) in [5.41, 5.74) is 0.927. The normalized spacial score (nSPS) is 10.0. The summed E-state index contributed by atoms with van der Waals surface area (Å²) in [5.74, 6) is -0.418. The summed E-state index contributed by atoms with van der Waals surface area (Å²) in [5, 5.41) is 5.98. The number of benzene rings is 2. The molecule has 0 saturated carbocycles. The van der Waals surface area contributed by atoms with Gasteiger partial charge in [0.1, 0.15) is 12.2 Å². The van der Waals surface area contributed by atoms with Crippen molar-refractivity contribution in [2.24, 2.45) is 0 Å². The van der Waals surface area contributed by atoms with E-state index in [2.05, 4.69) is 10.6 Å². The maximum atomic E-state index is 11.9. The van der Waals surface area contributed by atoms with Crippen molar-refractivity contribution in [2.45, 2.75) is 6.42 Å². The van der Waals surface area contributed by atoms with E-state index in [1.54, 1.807) is 42.5 Å². The minimum atomic E-state index is -0.476. The Bertz CT molecular complexity index is 715. The molecule has 2 amide bonds. The molecule has 0 unspecified atom stereocenters. The van der Waals surface area contributed by atoms with Crippen LogP contribution in [0.5, 0.6) is 5.75 Å². The number of hydrogen-bond donors (Lipinski definition) is 2. The number of halogens is 2. The van der Waals surface area contributed by atoms with Gasteiger partial charge in [0.05, 0.1) is 12.8 Å². The van der Waals surface area contributed by atoms with Gasteiger partial charge in [0.25, 0.3) is 0 Å². The summed E-state index contributed by atoms with van der Waals surface area (Å²) in [6.07, 6.45) is -0.345. The molecule has 2 aromatic carbocycles. The van der Waals surface area contributed by atoms with Crippen LogP contribution < -0.4 is 15.4 Å². The Morgan fingerprint density at radius 1 is 1.00 bits per heavy atom. The number of methoxy groups -OCH3 is 1. The molecule has 0 atom stereocenters. The molecule has 2 N–H and O–H groups in total. The van der Waals surface area contributed by atoms with E-state index in [-0.39, 0.29) is 6.42 Å². The van der Waals surface area contributed by atoms with Gasteiger partial charge in [-0.2, -0.15) is 0 Å². The zero-order valence-corrected chi connectivity index (χ0v) is 13.7. The van der Waals surface area contributed by atoms with Gasteiger partial charge in [0.2, 0.25) is 11.8 Å². The Balaban J connectivity index is 1.96. The molecule has 120 valence electrons. The first-order valence-corrected chi connectivity index (χ1v) is 7.42. The van der Waals surface area contributed by atoms with E-state index >= 15 is 0 Å². The highest BCUT2D eigenvalue weighted by Gasteiger charge is 2.12. The van der Waals surface area contributed by atoms with E-state index in [0.29, 0.717) is 27.2 Å². The lowest BCUT2D eigenvalue weighted by atomic mass is 10.2.